The highest BCUT2D eigenvalue weighted by Crippen LogP contribution is 2.39. The molecular formula is C23H25NO5. The van der Waals surface area contributed by atoms with Crippen LogP contribution in [0, 0.1) is 13.8 Å². The van der Waals surface area contributed by atoms with Gasteiger partial charge in [0.1, 0.15) is 6.61 Å². The molecule has 1 aromatic heterocycles. The highest BCUT2D eigenvalue weighted by molar-refractivity contribution is 5.98. The van der Waals surface area contributed by atoms with E-state index in [2.05, 4.69) is 4.98 Å². The quantitative estimate of drug-likeness (QED) is 0.544. The smallest absolute Gasteiger partial charge is 0.340 e. The van der Waals surface area contributed by atoms with E-state index >= 15 is 0 Å². The highest BCUT2D eigenvalue weighted by atomic mass is 16.5. The van der Waals surface area contributed by atoms with E-state index in [1.165, 1.54) is 0 Å². The minimum absolute atomic E-state index is 0.0651. The second-order valence-corrected chi connectivity index (χ2v) is 6.58. The lowest BCUT2D eigenvalue weighted by atomic mass is 10.0. The van der Waals surface area contributed by atoms with Crippen molar-refractivity contribution in [3.8, 4) is 17.2 Å². The summed E-state index contributed by atoms with van der Waals surface area (Å²) in [6.45, 7) is 5.97. The molecule has 6 heteroatoms. The third-order valence-electron chi connectivity index (χ3n) is 4.66. The Bertz CT molecular complexity index is 1020. The van der Waals surface area contributed by atoms with Gasteiger partial charge in [-0.25, -0.2) is 9.78 Å². The van der Waals surface area contributed by atoms with Crippen LogP contribution >= 0.6 is 0 Å². The lowest BCUT2D eigenvalue weighted by molar-refractivity contribution is 0.0522. The van der Waals surface area contributed by atoms with Crippen molar-refractivity contribution >= 4 is 16.9 Å². The molecule has 2 aromatic carbocycles. The largest absolute Gasteiger partial charge is 0.493 e. The van der Waals surface area contributed by atoms with Crippen LogP contribution in [0.2, 0.25) is 0 Å². The lowest BCUT2D eigenvalue weighted by Crippen LogP contribution is -2.14. The van der Waals surface area contributed by atoms with Crippen LogP contribution in [0.3, 0.4) is 0 Å². The first-order valence-electron chi connectivity index (χ1n) is 9.40. The van der Waals surface area contributed by atoms with Crippen molar-refractivity contribution in [3.05, 3.63) is 58.8 Å². The molecule has 152 valence electrons. The van der Waals surface area contributed by atoms with Gasteiger partial charge in [0.25, 0.3) is 0 Å². The number of hydrogen-bond acceptors (Lipinski definition) is 6. The average molecular weight is 395 g/mol. The normalized spacial score (nSPS) is 10.7. The van der Waals surface area contributed by atoms with Gasteiger partial charge in [-0.15, -0.1) is 0 Å². The molecule has 0 atom stereocenters. The molecule has 0 saturated heterocycles. The summed E-state index contributed by atoms with van der Waals surface area (Å²) in [5, 5.41) is 0.907. The first kappa shape index (κ1) is 20.5. The van der Waals surface area contributed by atoms with E-state index in [0.717, 1.165) is 22.0 Å². The minimum atomic E-state index is -0.412. The maximum atomic E-state index is 12.7. The van der Waals surface area contributed by atoms with Crippen LogP contribution in [-0.4, -0.2) is 31.8 Å². The zero-order valence-electron chi connectivity index (χ0n) is 17.4. The van der Waals surface area contributed by atoms with Crippen LogP contribution in [0.5, 0.6) is 17.2 Å². The maximum Gasteiger partial charge on any atom is 0.340 e. The van der Waals surface area contributed by atoms with Gasteiger partial charge < -0.3 is 18.9 Å². The predicted molar refractivity (Wildman–Crippen MR) is 111 cm³/mol. The van der Waals surface area contributed by atoms with E-state index in [1.807, 2.05) is 50.2 Å². The summed E-state index contributed by atoms with van der Waals surface area (Å²) in [7, 11) is 3.15. The second kappa shape index (κ2) is 8.82. The van der Waals surface area contributed by atoms with Gasteiger partial charge in [-0.05, 0) is 50.1 Å². The third-order valence-corrected chi connectivity index (χ3v) is 4.66. The summed E-state index contributed by atoms with van der Waals surface area (Å²) in [6, 6.07) is 11.4. The molecule has 0 spiro atoms. The zero-order valence-corrected chi connectivity index (χ0v) is 17.4. The molecule has 0 aliphatic rings. The summed E-state index contributed by atoms with van der Waals surface area (Å²) < 4.78 is 22.2. The Hall–Kier alpha value is -3.28. The van der Waals surface area contributed by atoms with Crippen molar-refractivity contribution in [1.29, 1.82) is 0 Å². The van der Waals surface area contributed by atoms with E-state index in [-0.39, 0.29) is 13.2 Å². The first-order valence-corrected chi connectivity index (χ1v) is 9.40. The number of carbonyl (C=O) groups excluding carboxylic acids is 1. The number of aryl methyl sites for hydroxylation is 2. The number of hydrogen-bond donors (Lipinski definition) is 0. The number of aromatic nitrogens is 1. The van der Waals surface area contributed by atoms with Crippen molar-refractivity contribution in [3.63, 3.8) is 0 Å². The van der Waals surface area contributed by atoms with Crippen molar-refractivity contribution in [2.24, 2.45) is 0 Å². The summed E-state index contributed by atoms with van der Waals surface area (Å²) in [4.78, 5) is 17.3. The van der Waals surface area contributed by atoms with Crippen LogP contribution in [0.25, 0.3) is 10.9 Å². The van der Waals surface area contributed by atoms with Gasteiger partial charge in [-0.3, -0.25) is 0 Å². The second-order valence-electron chi connectivity index (χ2n) is 6.58. The molecule has 3 aromatic rings. The molecule has 0 aliphatic carbocycles. The topological polar surface area (TPSA) is 66.9 Å². The number of methoxy groups -OCH3 is 2. The summed E-state index contributed by atoms with van der Waals surface area (Å²) in [6.07, 6.45) is 0. The molecule has 0 aliphatic heterocycles. The Morgan fingerprint density at radius 3 is 2.31 bits per heavy atom. The highest BCUT2D eigenvalue weighted by Gasteiger charge is 2.22. The van der Waals surface area contributed by atoms with Crippen LogP contribution in [0.1, 0.15) is 34.1 Å². The number of rotatable bonds is 7. The number of fused-ring (bicyclic) bond motifs is 1. The fourth-order valence-corrected chi connectivity index (χ4v) is 3.31. The summed E-state index contributed by atoms with van der Waals surface area (Å²) in [5.74, 6) is 1.15. The van der Waals surface area contributed by atoms with E-state index in [4.69, 9.17) is 18.9 Å². The zero-order chi connectivity index (χ0) is 21.0. The van der Waals surface area contributed by atoms with Crippen LogP contribution in [0.15, 0.2) is 36.4 Å². The van der Waals surface area contributed by atoms with Crippen molar-refractivity contribution in [2.45, 2.75) is 27.4 Å². The molecule has 0 fully saturated rings. The minimum Gasteiger partial charge on any atom is -0.493 e. The van der Waals surface area contributed by atoms with Crippen molar-refractivity contribution in [2.75, 3.05) is 20.8 Å². The Balaban J connectivity index is 2.06. The third kappa shape index (κ3) is 4.11. The van der Waals surface area contributed by atoms with Gasteiger partial charge in [0.05, 0.1) is 37.6 Å². The Kier molecular flexibility index (Phi) is 6.22. The number of esters is 1. The molecule has 0 radical (unpaired) electrons. The molecule has 0 saturated carbocycles. The van der Waals surface area contributed by atoms with Crippen molar-refractivity contribution in [1.82, 2.24) is 4.98 Å². The Labute approximate surface area is 170 Å². The van der Waals surface area contributed by atoms with Gasteiger partial charge in [-0.1, -0.05) is 18.2 Å². The van der Waals surface area contributed by atoms with E-state index in [1.54, 1.807) is 21.1 Å². The van der Waals surface area contributed by atoms with Crippen LogP contribution in [0.4, 0.5) is 0 Å². The van der Waals surface area contributed by atoms with Gasteiger partial charge >= 0.3 is 5.97 Å². The molecule has 1 heterocycles. The molecule has 0 bridgehead atoms. The number of nitrogens with zero attached hydrogens (tertiary/aromatic N) is 1. The van der Waals surface area contributed by atoms with Gasteiger partial charge in [0.15, 0.2) is 11.5 Å². The Morgan fingerprint density at radius 2 is 1.69 bits per heavy atom. The molecule has 0 amide bonds. The van der Waals surface area contributed by atoms with Crippen LogP contribution in [-0.2, 0) is 11.3 Å². The number of benzene rings is 2. The molecule has 0 unspecified atom stereocenters. The first-order chi connectivity index (χ1) is 14.0. The molecule has 29 heavy (non-hydrogen) atoms. The Morgan fingerprint density at radius 1 is 1.03 bits per heavy atom. The van der Waals surface area contributed by atoms with Crippen molar-refractivity contribution < 1.29 is 23.7 Å². The summed E-state index contributed by atoms with van der Waals surface area (Å²) in [5.41, 5.74) is 3.52. The van der Waals surface area contributed by atoms with Gasteiger partial charge in [0.2, 0.25) is 5.75 Å². The molecule has 3 rings (SSSR count). The number of ether oxygens (including phenoxy) is 4. The standard InChI is InChI=1S/C23H25NO5/c1-6-28-23(25)21-15(3)16-9-7-8-10-17(16)24-18(21)13-29-22-19(26-4)11-14(2)12-20(22)27-5/h7-12H,6,13H2,1-5H3. The molecule has 0 N–H and O–H groups in total. The maximum absolute atomic E-state index is 12.7. The van der Waals surface area contributed by atoms with Gasteiger partial charge in [0, 0.05) is 5.39 Å². The van der Waals surface area contributed by atoms with Gasteiger partial charge in [-0.2, -0.15) is 0 Å². The number of para-hydroxylation sites is 1. The summed E-state index contributed by atoms with van der Waals surface area (Å²) >= 11 is 0. The fraction of sp³-hybridized carbons (Fsp3) is 0.304. The predicted octanol–water partition coefficient (Wildman–Crippen LogP) is 4.62. The molecular weight excluding hydrogens is 370 g/mol. The SMILES string of the molecule is CCOC(=O)c1c(COc2c(OC)cc(C)cc2OC)nc2ccccc2c1C. The van der Waals surface area contributed by atoms with E-state index < -0.39 is 5.97 Å². The lowest BCUT2D eigenvalue weighted by Gasteiger charge is -2.17. The monoisotopic (exact) mass is 395 g/mol. The molecule has 6 nitrogen and oxygen atoms in total. The van der Waals surface area contributed by atoms with Crippen LogP contribution < -0.4 is 14.2 Å². The number of pyridine rings is 1. The average Bonchev–Trinajstić information content (AvgIpc) is 2.72. The number of carbonyl (C=O) groups is 1. The fourth-order valence-electron chi connectivity index (χ4n) is 3.31. The van der Waals surface area contributed by atoms with E-state index in [9.17, 15) is 4.79 Å². The van der Waals surface area contributed by atoms with E-state index in [0.29, 0.717) is 28.5 Å².